The van der Waals surface area contributed by atoms with Crippen LogP contribution in [0.3, 0.4) is 0 Å². The molecule has 1 heterocycles. The van der Waals surface area contributed by atoms with Crippen molar-refractivity contribution < 1.29 is 19.1 Å². The zero-order valence-electron chi connectivity index (χ0n) is 8.98. The molecule has 1 aliphatic heterocycles. The summed E-state index contributed by atoms with van der Waals surface area (Å²) < 4.78 is 9.76. The number of hydrogen-bond acceptors (Lipinski definition) is 4. The van der Waals surface area contributed by atoms with Gasteiger partial charge in [-0.25, -0.2) is 9.59 Å². The Morgan fingerprint density at radius 3 is 2.82 bits per heavy atom. The number of carbonyl (C=O) groups excluding carboxylic acids is 2. The van der Waals surface area contributed by atoms with E-state index in [4.69, 9.17) is 21.1 Å². The number of halogens is 1. The van der Waals surface area contributed by atoms with Crippen molar-refractivity contribution in [3.63, 3.8) is 0 Å². The molecule has 5 heteroatoms. The summed E-state index contributed by atoms with van der Waals surface area (Å²) in [6.45, 7) is 1.59. The summed E-state index contributed by atoms with van der Waals surface area (Å²) in [7, 11) is 0. The molecule has 0 saturated heterocycles. The largest absolute Gasteiger partial charge is 0.418 e. The van der Waals surface area contributed by atoms with Crippen LogP contribution in [0.25, 0.3) is 0 Å². The van der Waals surface area contributed by atoms with Crippen LogP contribution in [0.15, 0.2) is 35.9 Å². The first-order valence-electron chi connectivity index (χ1n) is 4.92. The zero-order valence-corrected chi connectivity index (χ0v) is 9.73. The van der Waals surface area contributed by atoms with Gasteiger partial charge in [-0.2, -0.15) is 0 Å². The van der Waals surface area contributed by atoms with Crippen molar-refractivity contribution in [1.82, 2.24) is 0 Å². The molecule has 0 saturated carbocycles. The third-order valence-corrected chi connectivity index (χ3v) is 2.45. The van der Waals surface area contributed by atoms with Gasteiger partial charge in [-0.15, -0.1) is 0 Å². The Kier molecular flexibility index (Phi) is 3.15. The fourth-order valence-corrected chi connectivity index (χ4v) is 1.54. The molecule has 2 rings (SSSR count). The van der Waals surface area contributed by atoms with Crippen LogP contribution in [0.5, 0.6) is 0 Å². The van der Waals surface area contributed by atoms with E-state index in [0.717, 1.165) is 0 Å². The molecular weight excluding hydrogens is 244 g/mol. The summed E-state index contributed by atoms with van der Waals surface area (Å²) >= 11 is 5.75. The first-order chi connectivity index (χ1) is 8.06. The normalized spacial score (nSPS) is 18.6. The van der Waals surface area contributed by atoms with Gasteiger partial charge in [0.1, 0.15) is 0 Å². The van der Waals surface area contributed by atoms with Gasteiger partial charge in [0.15, 0.2) is 0 Å². The van der Waals surface area contributed by atoms with Crippen molar-refractivity contribution in [2.45, 2.75) is 13.2 Å². The Bertz CT molecular complexity index is 507. The Hall–Kier alpha value is -1.81. The summed E-state index contributed by atoms with van der Waals surface area (Å²) in [5, 5.41) is 0.439. The lowest BCUT2D eigenvalue weighted by atomic mass is 10.2. The summed E-state index contributed by atoms with van der Waals surface area (Å²) in [6, 6.07) is 6.34. The number of carbonyl (C=O) groups is 2. The second-order valence-corrected chi connectivity index (χ2v) is 3.98. The summed E-state index contributed by atoms with van der Waals surface area (Å²) in [4.78, 5) is 22.7. The lowest BCUT2D eigenvalue weighted by Crippen LogP contribution is -2.17. The zero-order chi connectivity index (χ0) is 12.4. The molecule has 1 aliphatic rings. The van der Waals surface area contributed by atoms with Gasteiger partial charge in [0.05, 0.1) is 5.56 Å². The van der Waals surface area contributed by atoms with Gasteiger partial charge in [-0.1, -0.05) is 17.7 Å². The Labute approximate surface area is 103 Å². The number of rotatable bonds is 2. The van der Waals surface area contributed by atoms with Crippen LogP contribution < -0.4 is 0 Å². The van der Waals surface area contributed by atoms with Crippen LogP contribution >= 0.6 is 11.6 Å². The minimum Gasteiger partial charge on any atom is -0.418 e. The van der Waals surface area contributed by atoms with Crippen LogP contribution in [0.1, 0.15) is 17.3 Å². The van der Waals surface area contributed by atoms with E-state index >= 15 is 0 Å². The van der Waals surface area contributed by atoms with Crippen LogP contribution in [0.4, 0.5) is 0 Å². The molecular formula is C12H9ClO4. The molecule has 0 spiro atoms. The van der Waals surface area contributed by atoms with E-state index in [9.17, 15) is 9.59 Å². The molecule has 1 aromatic rings. The molecule has 0 N–H and O–H groups in total. The fraction of sp³-hybridized carbons (Fsp3) is 0.167. The topological polar surface area (TPSA) is 52.6 Å². The first-order valence-corrected chi connectivity index (χ1v) is 5.30. The van der Waals surface area contributed by atoms with E-state index < -0.39 is 18.2 Å². The quantitative estimate of drug-likeness (QED) is 0.758. The highest BCUT2D eigenvalue weighted by Gasteiger charge is 2.25. The highest BCUT2D eigenvalue weighted by Crippen LogP contribution is 2.17. The minimum atomic E-state index is -0.950. The Balaban J connectivity index is 2.06. The SMILES string of the molecule is CC1=CC(OC(=O)c2cccc(Cl)c2)OC1=O. The molecule has 0 amide bonds. The highest BCUT2D eigenvalue weighted by atomic mass is 35.5. The lowest BCUT2D eigenvalue weighted by Gasteiger charge is -2.09. The van der Waals surface area contributed by atoms with E-state index in [1.54, 1.807) is 25.1 Å². The van der Waals surface area contributed by atoms with E-state index in [1.807, 2.05) is 0 Å². The van der Waals surface area contributed by atoms with Gasteiger partial charge in [0.2, 0.25) is 0 Å². The van der Waals surface area contributed by atoms with Crippen LogP contribution in [-0.4, -0.2) is 18.2 Å². The molecule has 0 fully saturated rings. The summed E-state index contributed by atoms with van der Waals surface area (Å²) in [6.07, 6.45) is 0.499. The van der Waals surface area contributed by atoms with Crippen molar-refractivity contribution in [1.29, 1.82) is 0 Å². The third-order valence-electron chi connectivity index (χ3n) is 2.21. The van der Waals surface area contributed by atoms with Gasteiger partial charge in [0, 0.05) is 16.7 Å². The van der Waals surface area contributed by atoms with Gasteiger partial charge in [-0.05, 0) is 25.1 Å². The van der Waals surface area contributed by atoms with E-state index in [1.165, 1.54) is 12.1 Å². The van der Waals surface area contributed by atoms with Gasteiger partial charge >= 0.3 is 11.9 Å². The maximum Gasteiger partial charge on any atom is 0.341 e. The monoisotopic (exact) mass is 252 g/mol. The van der Waals surface area contributed by atoms with Crippen LogP contribution in [0.2, 0.25) is 5.02 Å². The number of ether oxygens (including phenoxy) is 2. The smallest absolute Gasteiger partial charge is 0.341 e. The second-order valence-electron chi connectivity index (χ2n) is 3.54. The van der Waals surface area contributed by atoms with Gasteiger partial charge < -0.3 is 9.47 Å². The molecule has 1 aromatic carbocycles. The molecule has 4 nitrogen and oxygen atoms in total. The van der Waals surface area contributed by atoms with Crippen LogP contribution in [-0.2, 0) is 14.3 Å². The van der Waals surface area contributed by atoms with Crippen LogP contribution in [0, 0.1) is 0 Å². The standard InChI is InChI=1S/C12H9ClO4/c1-7-5-10(16-11(7)14)17-12(15)8-3-2-4-9(13)6-8/h2-6,10H,1H3. The summed E-state index contributed by atoms with van der Waals surface area (Å²) in [5.41, 5.74) is 0.736. The average Bonchev–Trinajstić information content (AvgIpc) is 2.58. The lowest BCUT2D eigenvalue weighted by molar-refractivity contribution is -0.151. The first kappa shape index (κ1) is 11.7. The van der Waals surface area contributed by atoms with Crippen molar-refractivity contribution >= 4 is 23.5 Å². The molecule has 0 bridgehead atoms. The number of hydrogen-bond donors (Lipinski definition) is 0. The highest BCUT2D eigenvalue weighted by molar-refractivity contribution is 6.30. The van der Waals surface area contributed by atoms with E-state index in [-0.39, 0.29) is 0 Å². The predicted octanol–water partition coefficient (Wildman–Crippen LogP) is 2.33. The predicted molar refractivity (Wildman–Crippen MR) is 60.5 cm³/mol. The molecule has 17 heavy (non-hydrogen) atoms. The molecule has 0 aliphatic carbocycles. The van der Waals surface area contributed by atoms with Crippen molar-refractivity contribution in [2.75, 3.05) is 0 Å². The number of benzene rings is 1. The Morgan fingerprint density at radius 2 is 2.24 bits per heavy atom. The fourth-order valence-electron chi connectivity index (χ4n) is 1.35. The third kappa shape index (κ3) is 2.65. The average molecular weight is 253 g/mol. The van der Waals surface area contributed by atoms with Gasteiger partial charge in [-0.3, -0.25) is 0 Å². The summed E-state index contributed by atoms with van der Waals surface area (Å²) in [5.74, 6) is -1.06. The molecule has 0 aromatic heterocycles. The molecule has 0 radical (unpaired) electrons. The minimum absolute atomic E-state index is 0.312. The maximum absolute atomic E-state index is 11.7. The molecule has 88 valence electrons. The van der Waals surface area contributed by atoms with Crippen molar-refractivity contribution in [3.05, 3.63) is 46.5 Å². The molecule has 1 atom stereocenters. The Morgan fingerprint density at radius 1 is 1.47 bits per heavy atom. The van der Waals surface area contributed by atoms with Crippen molar-refractivity contribution in [2.24, 2.45) is 0 Å². The van der Waals surface area contributed by atoms with Gasteiger partial charge in [0.25, 0.3) is 6.29 Å². The number of esters is 2. The van der Waals surface area contributed by atoms with Crippen molar-refractivity contribution in [3.8, 4) is 0 Å². The van der Waals surface area contributed by atoms with E-state index in [0.29, 0.717) is 16.2 Å². The molecule has 1 unspecified atom stereocenters. The number of cyclic esters (lactones) is 1. The van der Waals surface area contributed by atoms with E-state index in [2.05, 4.69) is 0 Å². The second kappa shape index (κ2) is 4.59. The maximum atomic E-state index is 11.7.